The second-order valence-corrected chi connectivity index (χ2v) is 19.7. The molecule has 0 aliphatic carbocycles. The van der Waals surface area contributed by atoms with Crippen molar-refractivity contribution in [1.29, 1.82) is 0 Å². The molecule has 4 heterocycles. The first-order valence-corrected chi connectivity index (χ1v) is 22.0. The molecule has 0 atom stereocenters. The minimum Gasteiger partial charge on any atom is -0.522 e. The quantitative estimate of drug-likeness (QED) is 0.118. The van der Waals surface area contributed by atoms with Gasteiger partial charge in [0.25, 0.3) is 6.33 Å². The zero-order chi connectivity index (χ0) is 49.6. The number of ether oxygens (including phenoxy) is 1. The van der Waals surface area contributed by atoms with Gasteiger partial charge in [-0.2, -0.15) is 18.2 Å². The third-order valence-corrected chi connectivity index (χ3v) is 12.1. The van der Waals surface area contributed by atoms with Gasteiger partial charge in [-0.25, -0.2) is 4.98 Å². The summed E-state index contributed by atoms with van der Waals surface area (Å²) in [7, 11) is 0. The summed E-state index contributed by atoms with van der Waals surface area (Å²) in [5, 5.41) is 2.10. The fourth-order valence-electron chi connectivity index (χ4n) is 8.47. The standard InChI is InChI=1S/C59H53N5O.Pt/c1-57(2,3)41-28-30-61-55(35-41)64-50-23-14-13-20-48(50)49-27-26-44(36-53(49)64)65-45-29-31-60-54(37-45)62-38-63(52-25-16-15-24-51(52)62)56-46(39-18-11-10-12-19-39)21-17-22-47(56)40-32-42(58(4,5)6)34-43(33-40)59(7,8)9;/h10-35H,1-9H3;/q-2;/i10D,11D,12D,18D,19D;. The molecule has 0 saturated heterocycles. The van der Waals surface area contributed by atoms with E-state index in [2.05, 4.69) is 134 Å². The molecule has 0 aliphatic heterocycles. The van der Waals surface area contributed by atoms with E-state index in [1.54, 1.807) is 12.3 Å². The predicted octanol–water partition coefficient (Wildman–Crippen LogP) is 14.2. The van der Waals surface area contributed by atoms with Gasteiger partial charge in [0.2, 0.25) is 0 Å². The Kier molecular flexibility index (Phi) is 9.94. The Morgan fingerprint density at radius 3 is 1.92 bits per heavy atom. The van der Waals surface area contributed by atoms with E-state index in [1.807, 2.05) is 76.0 Å². The maximum absolute atomic E-state index is 9.18. The van der Waals surface area contributed by atoms with Crippen LogP contribution in [-0.4, -0.2) is 19.1 Å². The number of imidazole rings is 1. The largest absolute Gasteiger partial charge is 0.522 e. The van der Waals surface area contributed by atoms with Gasteiger partial charge < -0.3 is 9.30 Å². The van der Waals surface area contributed by atoms with Crippen molar-refractivity contribution in [2.24, 2.45) is 0 Å². The molecule has 332 valence electrons. The number of benzene rings is 6. The first-order chi connectivity index (χ1) is 33.2. The normalized spacial score (nSPS) is 13.3. The number of para-hydroxylation sites is 4. The molecule has 10 rings (SSSR count). The molecular formula is C59H53N5OPt-2. The van der Waals surface area contributed by atoms with Crippen molar-refractivity contribution >= 4 is 32.8 Å². The van der Waals surface area contributed by atoms with E-state index in [9.17, 15) is 2.74 Å². The van der Waals surface area contributed by atoms with E-state index in [0.29, 0.717) is 28.6 Å². The summed E-state index contributed by atoms with van der Waals surface area (Å²) in [4.78, 5) is 9.63. The van der Waals surface area contributed by atoms with Crippen LogP contribution in [-0.2, 0) is 37.3 Å². The van der Waals surface area contributed by atoms with Crippen LogP contribution in [0.1, 0.15) is 85.9 Å². The van der Waals surface area contributed by atoms with Gasteiger partial charge >= 0.3 is 0 Å². The van der Waals surface area contributed by atoms with Crippen molar-refractivity contribution in [2.45, 2.75) is 78.6 Å². The molecule has 0 N–H and O–H groups in total. The average molecular weight is 1050 g/mol. The molecule has 0 saturated carbocycles. The van der Waals surface area contributed by atoms with Crippen molar-refractivity contribution < 1.29 is 37.2 Å². The number of pyridine rings is 2. The summed E-state index contributed by atoms with van der Waals surface area (Å²) in [6, 6.07) is 43.5. The molecule has 0 bridgehead atoms. The van der Waals surface area contributed by atoms with Crippen LogP contribution < -0.4 is 9.30 Å². The Hall–Kier alpha value is -6.62. The fraction of sp³-hybridized carbons (Fsp3) is 0.203. The summed E-state index contributed by atoms with van der Waals surface area (Å²) in [5.41, 5.74) is 9.17. The van der Waals surface area contributed by atoms with Gasteiger partial charge in [-0.15, -0.1) is 17.5 Å². The van der Waals surface area contributed by atoms with E-state index < -0.39 is 18.1 Å². The fourth-order valence-corrected chi connectivity index (χ4v) is 8.47. The molecule has 0 aliphatic rings. The van der Waals surface area contributed by atoms with Gasteiger partial charge in [0, 0.05) is 38.5 Å². The monoisotopic (exact) mass is 1050 g/mol. The number of aromatic nitrogens is 5. The van der Waals surface area contributed by atoms with Crippen LogP contribution >= 0.6 is 0 Å². The van der Waals surface area contributed by atoms with Crippen molar-refractivity contribution in [3.63, 3.8) is 0 Å². The van der Waals surface area contributed by atoms with E-state index in [4.69, 9.17) is 18.8 Å². The van der Waals surface area contributed by atoms with Crippen molar-refractivity contribution in [2.75, 3.05) is 0 Å². The van der Waals surface area contributed by atoms with Crippen molar-refractivity contribution in [1.82, 2.24) is 19.1 Å². The van der Waals surface area contributed by atoms with Crippen molar-refractivity contribution in [3.8, 4) is 51.1 Å². The SMILES string of the molecule is [2H]c1c([2H])c([2H])c(-c2cccc(-c3cc(C(C)(C)C)cc(C(C)(C)C)c3)c2-[n+]2[c-]n(-c3[c-]c(Oc4[c-]c5c(cc4)c4ccccc4n5-c4cc(C(C)(C)C)ccn4)ccn3)c3ccccc32)c([2H])c1[2H].[Pt]. The molecule has 66 heavy (non-hydrogen) atoms. The maximum Gasteiger partial charge on any atom is 0.269 e. The summed E-state index contributed by atoms with van der Waals surface area (Å²) in [6.07, 6.45) is 7.13. The first kappa shape index (κ1) is 38.6. The molecular weight excluding hydrogens is 990 g/mol. The Labute approximate surface area is 409 Å². The second-order valence-electron chi connectivity index (χ2n) is 19.7. The third-order valence-electron chi connectivity index (χ3n) is 12.1. The Balaban J connectivity index is 0.00000624. The minimum atomic E-state index is -0.452. The smallest absolute Gasteiger partial charge is 0.269 e. The number of nitrogens with zero attached hydrogens (tertiary/aromatic N) is 5. The number of fused-ring (bicyclic) bond motifs is 4. The number of hydrogen-bond donors (Lipinski definition) is 0. The zero-order valence-electron chi connectivity index (χ0n) is 43.6. The van der Waals surface area contributed by atoms with Crippen LogP contribution in [0.2, 0.25) is 0 Å². The second kappa shape index (κ2) is 17.0. The minimum absolute atomic E-state index is 0. The van der Waals surface area contributed by atoms with Crippen LogP contribution in [0.3, 0.4) is 0 Å². The maximum atomic E-state index is 9.18. The van der Waals surface area contributed by atoms with Gasteiger partial charge in [0.15, 0.2) is 0 Å². The molecule has 6 aromatic carbocycles. The topological polar surface area (TPSA) is 48.8 Å². The molecule has 6 nitrogen and oxygen atoms in total. The first-order valence-electron chi connectivity index (χ1n) is 24.5. The van der Waals surface area contributed by atoms with Gasteiger partial charge in [-0.1, -0.05) is 183 Å². The molecule has 4 aromatic heterocycles. The van der Waals surface area contributed by atoms with Gasteiger partial charge in [0.1, 0.15) is 5.82 Å². The number of rotatable bonds is 7. The molecule has 0 fully saturated rings. The van der Waals surface area contributed by atoms with Crippen molar-refractivity contribution in [3.05, 3.63) is 193 Å². The van der Waals surface area contributed by atoms with E-state index in [-0.39, 0.29) is 55.0 Å². The third kappa shape index (κ3) is 8.28. The summed E-state index contributed by atoms with van der Waals surface area (Å²) < 4.78 is 56.7. The Morgan fingerprint density at radius 1 is 0.576 bits per heavy atom. The van der Waals surface area contributed by atoms with Crippen LogP contribution in [0.25, 0.3) is 72.4 Å². The molecule has 0 unspecified atom stereocenters. The molecule has 0 spiro atoms. The summed E-state index contributed by atoms with van der Waals surface area (Å²) in [5.74, 6) is 2.08. The molecule has 0 amide bonds. The van der Waals surface area contributed by atoms with Gasteiger partial charge in [0.05, 0.1) is 29.4 Å². The molecule has 7 heteroatoms. The van der Waals surface area contributed by atoms with Crippen LogP contribution in [0.15, 0.2) is 158 Å². The van der Waals surface area contributed by atoms with Gasteiger partial charge in [-0.3, -0.25) is 14.1 Å². The zero-order valence-corrected chi connectivity index (χ0v) is 40.9. The number of hydrogen-bond acceptors (Lipinski definition) is 3. The Bertz CT molecular complexity index is 3670. The molecule has 10 aromatic rings. The average Bonchev–Trinajstić information content (AvgIpc) is 3.88. The summed E-state index contributed by atoms with van der Waals surface area (Å²) >= 11 is 0. The Morgan fingerprint density at radius 2 is 1.21 bits per heavy atom. The van der Waals surface area contributed by atoms with Crippen LogP contribution in [0.4, 0.5) is 0 Å². The van der Waals surface area contributed by atoms with Crippen LogP contribution in [0.5, 0.6) is 11.5 Å². The van der Waals surface area contributed by atoms with Crippen LogP contribution in [0, 0.1) is 18.5 Å². The van der Waals surface area contributed by atoms with E-state index >= 15 is 0 Å². The molecule has 0 radical (unpaired) electrons. The van der Waals surface area contributed by atoms with Gasteiger partial charge in [-0.05, 0) is 84.5 Å². The predicted molar refractivity (Wildman–Crippen MR) is 265 cm³/mol. The summed E-state index contributed by atoms with van der Waals surface area (Å²) in [6.45, 7) is 19.8. The van der Waals surface area contributed by atoms with E-state index in [1.165, 1.54) is 5.56 Å². The van der Waals surface area contributed by atoms with E-state index in [0.717, 1.165) is 60.9 Å².